The first-order valence-corrected chi connectivity index (χ1v) is 7.42. The minimum absolute atomic E-state index is 0.239. The van der Waals surface area contributed by atoms with E-state index in [1.807, 2.05) is 6.07 Å². The zero-order chi connectivity index (χ0) is 14.0. The fourth-order valence-corrected chi connectivity index (χ4v) is 2.95. The Bertz CT molecular complexity index is 585. The predicted molar refractivity (Wildman–Crippen MR) is 74.3 cm³/mol. The van der Waals surface area contributed by atoms with Crippen molar-refractivity contribution in [3.8, 4) is 6.07 Å². The molecule has 0 saturated carbocycles. The average molecular weight is 332 g/mol. The Hall–Kier alpha value is -1.10. The molecule has 0 unspecified atom stereocenters. The smallest absolute Gasteiger partial charge is 0.270 e. The first-order chi connectivity index (χ1) is 8.13. The van der Waals surface area contributed by atoms with E-state index in [9.17, 15) is 8.42 Å². The number of hydrogen-bond acceptors (Lipinski definition) is 3. The predicted octanol–water partition coefficient (Wildman–Crippen LogP) is 2.37. The van der Waals surface area contributed by atoms with Gasteiger partial charge >= 0.3 is 0 Å². The number of nitrogens with one attached hydrogen (secondary N) is 2. The molecule has 0 heterocycles. The number of hydrogen-bond donors (Lipinski definition) is 2. The summed E-state index contributed by atoms with van der Waals surface area (Å²) in [6, 6.07) is 6.69. The molecule has 98 valence electrons. The summed E-state index contributed by atoms with van der Waals surface area (Å²) in [5.41, 5.74) is -0.0916. The van der Waals surface area contributed by atoms with Gasteiger partial charge in [0.2, 0.25) is 0 Å². The first kappa shape index (κ1) is 15.0. The summed E-state index contributed by atoms with van der Waals surface area (Å²) in [5.74, 6) is 0. The van der Waals surface area contributed by atoms with Crippen molar-refractivity contribution in [1.29, 1.82) is 5.26 Å². The van der Waals surface area contributed by atoms with Gasteiger partial charge in [-0.2, -0.15) is 18.4 Å². The number of nitriles is 1. The molecule has 0 aliphatic carbocycles. The SMILES string of the molecule is CC(C)(C)NS(=O)(=O)Nc1cc(Br)ccc1C#N. The maximum atomic E-state index is 11.8. The number of nitrogens with zero attached hydrogens (tertiary/aromatic N) is 1. The molecular formula is C11H14BrN3O2S. The molecule has 0 saturated heterocycles. The summed E-state index contributed by atoms with van der Waals surface area (Å²) in [6.45, 7) is 5.20. The lowest BCUT2D eigenvalue weighted by Gasteiger charge is -2.21. The summed E-state index contributed by atoms with van der Waals surface area (Å²) >= 11 is 3.23. The number of halogens is 1. The van der Waals surface area contributed by atoms with Crippen LogP contribution in [0, 0.1) is 11.3 Å². The van der Waals surface area contributed by atoms with Gasteiger partial charge in [-0.15, -0.1) is 0 Å². The van der Waals surface area contributed by atoms with Crippen LogP contribution in [0.15, 0.2) is 22.7 Å². The third kappa shape index (κ3) is 4.64. The van der Waals surface area contributed by atoms with Crippen LogP contribution in [0.1, 0.15) is 26.3 Å². The molecule has 18 heavy (non-hydrogen) atoms. The molecular weight excluding hydrogens is 318 g/mol. The summed E-state index contributed by atoms with van der Waals surface area (Å²) in [4.78, 5) is 0. The van der Waals surface area contributed by atoms with Crippen LogP contribution in [-0.4, -0.2) is 14.0 Å². The third-order valence-corrected chi connectivity index (χ3v) is 3.65. The number of benzene rings is 1. The van der Waals surface area contributed by atoms with Crippen molar-refractivity contribution in [1.82, 2.24) is 4.72 Å². The molecule has 0 bridgehead atoms. The van der Waals surface area contributed by atoms with E-state index in [4.69, 9.17) is 5.26 Å². The highest BCUT2D eigenvalue weighted by Gasteiger charge is 2.20. The van der Waals surface area contributed by atoms with Crippen LogP contribution in [0.5, 0.6) is 0 Å². The van der Waals surface area contributed by atoms with E-state index in [2.05, 4.69) is 25.4 Å². The van der Waals surface area contributed by atoms with Gasteiger partial charge in [-0.05, 0) is 39.0 Å². The Morgan fingerprint density at radius 3 is 2.44 bits per heavy atom. The molecule has 2 N–H and O–H groups in total. The Morgan fingerprint density at radius 1 is 1.33 bits per heavy atom. The molecule has 1 aromatic rings. The zero-order valence-corrected chi connectivity index (χ0v) is 12.7. The molecule has 7 heteroatoms. The van der Waals surface area contributed by atoms with Gasteiger partial charge in [-0.3, -0.25) is 4.72 Å². The Balaban J connectivity index is 3.05. The fraction of sp³-hybridized carbons (Fsp3) is 0.364. The molecule has 0 fully saturated rings. The van der Waals surface area contributed by atoms with Crippen molar-refractivity contribution >= 4 is 31.8 Å². The summed E-state index contributed by atoms with van der Waals surface area (Å²) in [5, 5.41) is 8.92. The van der Waals surface area contributed by atoms with Crippen LogP contribution in [-0.2, 0) is 10.2 Å². The average Bonchev–Trinajstić information content (AvgIpc) is 2.13. The topological polar surface area (TPSA) is 82.0 Å². The Kier molecular flexibility index (Phi) is 4.37. The standard InChI is InChI=1S/C11H14BrN3O2S/c1-11(2,3)15-18(16,17)14-10-6-9(12)5-4-8(10)7-13/h4-6,14-15H,1-3H3. The van der Waals surface area contributed by atoms with E-state index in [0.29, 0.717) is 4.47 Å². The van der Waals surface area contributed by atoms with Crippen LogP contribution < -0.4 is 9.44 Å². The summed E-state index contributed by atoms with van der Waals surface area (Å²) < 4.78 is 29.2. The summed E-state index contributed by atoms with van der Waals surface area (Å²) in [6.07, 6.45) is 0. The van der Waals surface area contributed by atoms with E-state index in [0.717, 1.165) is 0 Å². The van der Waals surface area contributed by atoms with E-state index in [1.54, 1.807) is 39.0 Å². The molecule has 0 aliphatic rings. The van der Waals surface area contributed by atoms with Crippen molar-refractivity contribution in [2.75, 3.05) is 4.72 Å². The van der Waals surface area contributed by atoms with Gasteiger partial charge in [0.25, 0.3) is 10.2 Å². The van der Waals surface area contributed by atoms with Crippen molar-refractivity contribution in [3.05, 3.63) is 28.2 Å². The fourth-order valence-electron chi connectivity index (χ4n) is 1.27. The molecule has 5 nitrogen and oxygen atoms in total. The molecule has 0 atom stereocenters. The van der Waals surface area contributed by atoms with Crippen LogP contribution in [0.2, 0.25) is 0 Å². The van der Waals surface area contributed by atoms with Gasteiger partial charge < -0.3 is 0 Å². The van der Waals surface area contributed by atoms with Crippen molar-refractivity contribution in [2.24, 2.45) is 0 Å². The third-order valence-electron chi connectivity index (χ3n) is 1.79. The quantitative estimate of drug-likeness (QED) is 0.891. The molecule has 0 aromatic heterocycles. The number of rotatable bonds is 3. The van der Waals surface area contributed by atoms with E-state index >= 15 is 0 Å². The van der Waals surface area contributed by atoms with Crippen LogP contribution in [0.25, 0.3) is 0 Å². The monoisotopic (exact) mass is 331 g/mol. The van der Waals surface area contributed by atoms with Gasteiger partial charge in [0, 0.05) is 10.0 Å². The van der Waals surface area contributed by atoms with E-state index < -0.39 is 15.7 Å². The minimum Gasteiger partial charge on any atom is -0.270 e. The van der Waals surface area contributed by atoms with Crippen LogP contribution in [0.4, 0.5) is 5.69 Å². The highest BCUT2D eigenvalue weighted by molar-refractivity contribution is 9.10. The van der Waals surface area contributed by atoms with Gasteiger partial charge in [0.15, 0.2) is 0 Å². The molecule has 1 aromatic carbocycles. The lowest BCUT2D eigenvalue weighted by atomic mass is 10.1. The first-order valence-electron chi connectivity index (χ1n) is 5.14. The van der Waals surface area contributed by atoms with Crippen LogP contribution in [0.3, 0.4) is 0 Å². The van der Waals surface area contributed by atoms with Crippen LogP contribution >= 0.6 is 15.9 Å². The van der Waals surface area contributed by atoms with Gasteiger partial charge in [0.1, 0.15) is 6.07 Å². The minimum atomic E-state index is -3.71. The maximum Gasteiger partial charge on any atom is 0.299 e. The Labute approximate surface area is 116 Å². The molecule has 1 rings (SSSR count). The highest BCUT2D eigenvalue weighted by atomic mass is 79.9. The number of anilines is 1. The van der Waals surface area contributed by atoms with Gasteiger partial charge in [0.05, 0.1) is 11.3 Å². The second kappa shape index (κ2) is 5.26. The van der Waals surface area contributed by atoms with Gasteiger partial charge in [-0.1, -0.05) is 15.9 Å². The maximum absolute atomic E-state index is 11.8. The van der Waals surface area contributed by atoms with Crippen molar-refractivity contribution in [3.63, 3.8) is 0 Å². The second-order valence-corrected chi connectivity index (χ2v) is 7.09. The van der Waals surface area contributed by atoms with Crippen molar-refractivity contribution in [2.45, 2.75) is 26.3 Å². The second-order valence-electron chi connectivity index (χ2n) is 4.76. The molecule has 0 spiro atoms. The highest BCUT2D eigenvalue weighted by Crippen LogP contribution is 2.21. The van der Waals surface area contributed by atoms with E-state index in [1.165, 1.54) is 0 Å². The van der Waals surface area contributed by atoms with Crippen molar-refractivity contribution < 1.29 is 8.42 Å². The summed E-state index contributed by atoms with van der Waals surface area (Å²) in [7, 11) is -3.71. The lowest BCUT2D eigenvalue weighted by Crippen LogP contribution is -2.43. The Morgan fingerprint density at radius 2 is 1.94 bits per heavy atom. The molecule has 0 aliphatic heterocycles. The molecule has 0 radical (unpaired) electrons. The lowest BCUT2D eigenvalue weighted by molar-refractivity contribution is 0.494. The molecule has 0 amide bonds. The van der Waals surface area contributed by atoms with E-state index in [-0.39, 0.29) is 11.3 Å². The van der Waals surface area contributed by atoms with Gasteiger partial charge in [-0.25, -0.2) is 0 Å². The zero-order valence-electron chi connectivity index (χ0n) is 10.3. The largest absolute Gasteiger partial charge is 0.299 e. The normalized spacial score (nSPS) is 11.9.